The number of rotatable bonds is 7. The van der Waals surface area contributed by atoms with Crippen LogP contribution < -0.4 is 0 Å². The normalized spacial score (nSPS) is 17.0. The van der Waals surface area contributed by atoms with Crippen LogP contribution in [0.4, 0.5) is 0 Å². The third-order valence-corrected chi connectivity index (χ3v) is 6.01. The number of H-pyrrole nitrogens is 1. The SMILES string of the molecule is COCCC(C)CCn1cc2cc(-c3n[nH]c4c3CCC(C)(C)C4)cnc2n1. The molecule has 6 heteroatoms. The molecule has 1 aliphatic rings. The predicted octanol–water partition coefficient (Wildman–Crippen LogP) is 4.40. The van der Waals surface area contributed by atoms with Gasteiger partial charge < -0.3 is 4.74 Å². The number of ether oxygens (including phenoxy) is 1. The lowest BCUT2D eigenvalue weighted by atomic mass is 9.76. The molecular formula is C22H31N5O. The number of aromatic amines is 1. The zero-order valence-electron chi connectivity index (χ0n) is 17.5. The van der Waals surface area contributed by atoms with Gasteiger partial charge in [0.15, 0.2) is 5.65 Å². The summed E-state index contributed by atoms with van der Waals surface area (Å²) < 4.78 is 7.19. The average molecular weight is 382 g/mol. The number of hydrogen-bond acceptors (Lipinski definition) is 4. The summed E-state index contributed by atoms with van der Waals surface area (Å²) in [5.41, 5.74) is 5.94. The van der Waals surface area contributed by atoms with E-state index in [4.69, 9.17) is 4.74 Å². The monoisotopic (exact) mass is 381 g/mol. The number of pyridine rings is 1. The first-order valence-electron chi connectivity index (χ1n) is 10.3. The maximum absolute atomic E-state index is 5.17. The number of methoxy groups -OCH3 is 1. The van der Waals surface area contributed by atoms with Gasteiger partial charge in [-0.3, -0.25) is 9.78 Å². The van der Waals surface area contributed by atoms with E-state index in [0.29, 0.717) is 11.3 Å². The van der Waals surface area contributed by atoms with Crippen molar-refractivity contribution >= 4 is 11.0 Å². The second kappa shape index (κ2) is 7.66. The number of hydrogen-bond donors (Lipinski definition) is 1. The van der Waals surface area contributed by atoms with E-state index in [1.54, 1.807) is 7.11 Å². The van der Waals surface area contributed by atoms with Crippen LogP contribution in [0.2, 0.25) is 0 Å². The van der Waals surface area contributed by atoms with Crippen molar-refractivity contribution in [3.05, 3.63) is 29.7 Å². The summed E-state index contributed by atoms with van der Waals surface area (Å²) in [6, 6.07) is 2.18. The van der Waals surface area contributed by atoms with Gasteiger partial charge in [0.1, 0.15) is 0 Å². The van der Waals surface area contributed by atoms with Crippen LogP contribution in [0.3, 0.4) is 0 Å². The van der Waals surface area contributed by atoms with Crippen LogP contribution in [-0.4, -0.2) is 38.7 Å². The fraction of sp³-hybridized carbons (Fsp3) is 0.591. The van der Waals surface area contributed by atoms with E-state index in [9.17, 15) is 0 Å². The zero-order valence-corrected chi connectivity index (χ0v) is 17.5. The van der Waals surface area contributed by atoms with Crippen molar-refractivity contribution in [2.75, 3.05) is 13.7 Å². The first kappa shape index (κ1) is 19.1. The van der Waals surface area contributed by atoms with Crippen molar-refractivity contribution in [3.8, 4) is 11.3 Å². The summed E-state index contributed by atoms with van der Waals surface area (Å²) in [6.45, 7) is 8.64. The minimum absolute atomic E-state index is 0.348. The van der Waals surface area contributed by atoms with Gasteiger partial charge in [0.05, 0.1) is 5.69 Å². The summed E-state index contributed by atoms with van der Waals surface area (Å²) in [5.74, 6) is 0.621. The molecule has 1 atom stereocenters. The van der Waals surface area contributed by atoms with Gasteiger partial charge >= 0.3 is 0 Å². The molecule has 0 amide bonds. The van der Waals surface area contributed by atoms with E-state index < -0.39 is 0 Å². The fourth-order valence-corrected chi connectivity index (χ4v) is 4.11. The first-order valence-corrected chi connectivity index (χ1v) is 10.3. The minimum Gasteiger partial charge on any atom is -0.385 e. The Bertz CT molecular complexity index is 955. The molecule has 4 rings (SSSR count). The first-order chi connectivity index (χ1) is 13.4. The van der Waals surface area contributed by atoms with E-state index in [-0.39, 0.29) is 0 Å². The van der Waals surface area contributed by atoms with Gasteiger partial charge in [-0.15, -0.1) is 0 Å². The van der Waals surface area contributed by atoms with Crippen LogP contribution in [0.1, 0.15) is 51.3 Å². The molecule has 0 spiro atoms. The third-order valence-electron chi connectivity index (χ3n) is 6.01. The van der Waals surface area contributed by atoms with Crippen molar-refractivity contribution in [1.82, 2.24) is 25.0 Å². The molecule has 6 nitrogen and oxygen atoms in total. The lowest BCUT2D eigenvalue weighted by molar-refractivity contribution is 0.177. The van der Waals surface area contributed by atoms with Gasteiger partial charge in [-0.2, -0.15) is 10.2 Å². The number of nitrogens with zero attached hydrogens (tertiary/aromatic N) is 4. The number of aryl methyl sites for hydroxylation is 1. The van der Waals surface area contributed by atoms with E-state index in [1.807, 2.05) is 10.9 Å². The Balaban J connectivity index is 1.52. The number of fused-ring (bicyclic) bond motifs is 2. The highest BCUT2D eigenvalue weighted by Gasteiger charge is 2.29. The van der Waals surface area contributed by atoms with Crippen molar-refractivity contribution in [2.45, 2.75) is 59.4 Å². The molecule has 150 valence electrons. The third kappa shape index (κ3) is 3.97. The molecule has 3 heterocycles. The van der Waals surface area contributed by atoms with Crippen molar-refractivity contribution in [3.63, 3.8) is 0 Å². The molecule has 0 aromatic carbocycles. The van der Waals surface area contributed by atoms with Crippen molar-refractivity contribution in [2.24, 2.45) is 11.3 Å². The molecule has 0 fully saturated rings. The summed E-state index contributed by atoms with van der Waals surface area (Å²) in [6.07, 6.45) is 9.53. The molecule has 0 radical (unpaired) electrons. The smallest absolute Gasteiger partial charge is 0.181 e. The maximum atomic E-state index is 5.17. The summed E-state index contributed by atoms with van der Waals surface area (Å²) in [4.78, 5) is 4.61. The molecule has 28 heavy (non-hydrogen) atoms. The van der Waals surface area contributed by atoms with Gasteiger partial charge in [0.25, 0.3) is 0 Å². The predicted molar refractivity (Wildman–Crippen MR) is 111 cm³/mol. The quantitative estimate of drug-likeness (QED) is 0.659. The maximum Gasteiger partial charge on any atom is 0.181 e. The standard InChI is InChI=1S/C22H31N5O/c1-15(7-10-28-4)6-9-27-14-17-11-16(13-23-21(17)26-27)20-18-5-8-22(2,3)12-19(18)24-25-20/h11,13-15H,5-10,12H2,1-4H3,(H,24,25). The number of nitrogens with one attached hydrogen (secondary N) is 1. The van der Waals surface area contributed by atoms with E-state index in [1.165, 1.54) is 17.7 Å². The highest BCUT2D eigenvalue weighted by atomic mass is 16.5. The molecule has 0 saturated heterocycles. The molecule has 1 aliphatic carbocycles. The van der Waals surface area contributed by atoms with E-state index >= 15 is 0 Å². The van der Waals surface area contributed by atoms with Crippen LogP contribution in [0, 0.1) is 11.3 Å². The molecule has 3 aromatic heterocycles. The molecular weight excluding hydrogens is 350 g/mol. The summed E-state index contributed by atoms with van der Waals surface area (Å²) in [5, 5.41) is 13.6. The van der Waals surface area contributed by atoms with Crippen LogP contribution in [0.25, 0.3) is 22.3 Å². The Morgan fingerprint density at radius 2 is 2.18 bits per heavy atom. The van der Waals surface area contributed by atoms with Crippen LogP contribution >= 0.6 is 0 Å². The van der Waals surface area contributed by atoms with Crippen molar-refractivity contribution < 1.29 is 4.74 Å². The van der Waals surface area contributed by atoms with Gasteiger partial charge in [0, 0.05) is 54.9 Å². The van der Waals surface area contributed by atoms with E-state index in [2.05, 4.69) is 53.3 Å². The fourth-order valence-electron chi connectivity index (χ4n) is 4.11. The molecule has 0 aliphatic heterocycles. The summed E-state index contributed by atoms with van der Waals surface area (Å²) >= 11 is 0. The zero-order chi connectivity index (χ0) is 19.7. The Morgan fingerprint density at radius 1 is 1.32 bits per heavy atom. The van der Waals surface area contributed by atoms with Crippen molar-refractivity contribution in [1.29, 1.82) is 0 Å². The Kier molecular flexibility index (Phi) is 5.23. The second-order valence-corrected chi connectivity index (χ2v) is 9.07. The molecule has 3 aromatic rings. The van der Waals surface area contributed by atoms with Gasteiger partial charge in [-0.25, -0.2) is 4.98 Å². The lowest BCUT2D eigenvalue weighted by Crippen LogP contribution is -2.21. The highest BCUT2D eigenvalue weighted by molar-refractivity contribution is 5.80. The Hall–Kier alpha value is -2.21. The molecule has 1 unspecified atom stereocenters. The highest BCUT2D eigenvalue weighted by Crippen LogP contribution is 2.37. The van der Waals surface area contributed by atoms with Gasteiger partial charge in [-0.1, -0.05) is 20.8 Å². The minimum atomic E-state index is 0.348. The molecule has 1 N–H and O–H groups in total. The van der Waals surface area contributed by atoms with E-state index in [0.717, 1.165) is 61.1 Å². The Morgan fingerprint density at radius 3 is 3.00 bits per heavy atom. The summed E-state index contributed by atoms with van der Waals surface area (Å²) in [7, 11) is 1.76. The topological polar surface area (TPSA) is 68.6 Å². The van der Waals surface area contributed by atoms with Crippen LogP contribution in [-0.2, 0) is 24.1 Å². The lowest BCUT2D eigenvalue weighted by Gasteiger charge is -2.29. The Labute approximate surface area is 166 Å². The largest absolute Gasteiger partial charge is 0.385 e. The van der Waals surface area contributed by atoms with Crippen LogP contribution in [0.5, 0.6) is 0 Å². The van der Waals surface area contributed by atoms with Gasteiger partial charge in [-0.05, 0) is 49.5 Å². The number of aromatic nitrogens is 5. The van der Waals surface area contributed by atoms with Crippen LogP contribution in [0.15, 0.2) is 18.5 Å². The van der Waals surface area contributed by atoms with Gasteiger partial charge in [0.2, 0.25) is 0 Å². The average Bonchev–Trinajstić information content (AvgIpc) is 3.26. The molecule has 0 saturated carbocycles. The second-order valence-electron chi connectivity index (χ2n) is 9.07. The molecule has 0 bridgehead atoms.